The summed E-state index contributed by atoms with van der Waals surface area (Å²) < 4.78 is 0. The highest BCUT2D eigenvalue weighted by Crippen LogP contribution is 2.11. The van der Waals surface area contributed by atoms with Gasteiger partial charge in [0.1, 0.15) is 6.29 Å². The number of piperidine rings is 1. The summed E-state index contributed by atoms with van der Waals surface area (Å²) in [5.41, 5.74) is 11.8. The van der Waals surface area contributed by atoms with Gasteiger partial charge in [0.2, 0.25) is 11.8 Å². The first-order valence-corrected chi connectivity index (χ1v) is 11.4. The van der Waals surface area contributed by atoms with Crippen molar-refractivity contribution in [2.75, 3.05) is 26.2 Å². The van der Waals surface area contributed by atoms with Crippen molar-refractivity contribution in [3.63, 3.8) is 0 Å². The van der Waals surface area contributed by atoms with E-state index >= 15 is 0 Å². The third kappa shape index (κ3) is 12.2. The molecule has 11 heteroatoms. The molecule has 1 aliphatic heterocycles. The molecule has 0 radical (unpaired) electrons. The molecule has 0 aliphatic carbocycles. The number of hydrogen-bond acceptors (Lipinski definition) is 5. The number of amides is 2. The normalized spacial score (nSPS) is 15.6. The summed E-state index contributed by atoms with van der Waals surface area (Å²) in [4.78, 5) is 42.6. The monoisotopic (exact) mass is 516 g/mol. The molecule has 0 aromatic heterocycles. The van der Waals surface area contributed by atoms with Gasteiger partial charge in [-0.15, -0.1) is 24.8 Å². The quantitative estimate of drug-likeness (QED) is 0.134. The summed E-state index contributed by atoms with van der Waals surface area (Å²) in [5.74, 6) is -0.395. The Morgan fingerprint density at radius 1 is 1.18 bits per heavy atom. The molecule has 6 N–H and O–H groups in total. The molecule has 1 aromatic carbocycles. The average molecular weight is 518 g/mol. The minimum Gasteiger partial charge on any atom is -0.370 e. The minimum absolute atomic E-state index is 0. The number of nitrogens with zero attached hydrogens (tertiary/aromatic N) is 2. The molecule has 0 saturated carbocycles. The molecule has 1 aliphatic rings. The molecule has 1 saturated heterocycles. The van der Waals surface area contributed by atoms with Crippen molar-refractivity contribution >= 4 is 48.9 Å². The van der Waals surface area contributed by atoms with Gasteiger partial charge < -0.3 is 31.8 Å². The van der Waals surface area contributed by atoms with E-state index in [4.69, 9.17) is 11.5 Å². The van der Waals surface area contributed by atoms with Gasteiger partial charge in [-0.3, -0.25) is 14.6 Å². The molecule has 1 aromatic rings. The van der Waals surface area contributed by atoms with Crippen LogP contribution in [0.2, 0.25) is 0 Å². The van der Waals surface area contributed by atoms with E-state index in [0.29, 0.717) is 32.2 Å². The topological polar surface area (TPSA) is 143 Å². The second-order valence-electron chi connectivity index (χ2n) is 8.11. The molecule has 34 heavy (non-hydrogen) atoms. The van der Waals surface area contributed by atoms with E-state index in [1.807, 2.05) is 18.2 Å². The van der Waals surface area contributed by atoms with Gasteiger partial charge in [-0.1, -0.05) is 36.8 Å². The molecule has 0 spiro atoms. The number of hydrogen-bond donors (Lipinski definition) is 4. The lowest BCUT2D eigenvalue weighted by molar-refractivity contribution is -0.138. The summed E-state index contributed by atoms with van der Waals surface area (Å²) in [5, 5.41) is 5.98. The van der Waals surface area contributed by atoms with Gasteiger partial charge in [0, 0.05) is 13.1 Å². The largest absolute Gasteiger partial charge is 0.370 e. The maximum atomic E-state index is 13.1. The number of carbonyl (C=O) groups excluding carboxylic acids is 3. The fourth-order valence-electron chi connectivity index (χ4n) is 3.79. The lowest BCUT2D eigenvalue weighted by Crippen LogP contribution is -2.52. The van der Waals surface area contributed by atoms with E-state index in [1.165, 1.54) is 5.56 Å². The van der Waals surface area contributed by atoms with Crippen molar-refractivity contribution in [2.45, 2.75) is 57.0 Å². The van der Waals surface area contributed by atoms with E-state index in [-0.39, 0.29) is 55.2 Å². The molecule has 9 nitrogen and oxygen atoms in total. The molecule has 1 fully saturated rings. The highest BCUT2D eigenvalue weighted by atomic mass is 35.5. The van der Waals surface area contributed by atoms with E-state index in [2.05, 4.69) is 27.8 Å². The van der Waals surface area contributed by atoms with Crippen LogP contribution < -0.4 is 22.1 Å². The minimum atomic E-state index is -0.634. The number of nitrogens with two attached hydrogens (primary N) is 2. The number of aliphatic imine (C=N–C) groups is 1. The van der Waals surface area contributed by atoms with Crippen molar-refractivity contribution in [3.8, 4) is 0 Å². The van der Waals surface area contributed by atoms with Crippen LogP contribution >= 0.6 is 24.8 Å². The predicted molar refractivity (Wildman–Crippen MR) is 139 cm³/mol. The van der Waals surface area contributed by atoms with Gasteiger partial charge in [0.25, 0.3) is 0 Å². The number of halogens is 2. The Morgan fingerprint density at radius 2 is 1.91 bits per heavy atom. The average Bonchev–Trinajstić information content (AvgIpc) is 2.81. The number of rotatable bonds is 13. The number of carbonyl (C=O) groups is 3. The zero-order valence-electron chi connectivity index (χ0n) is 19.5. The molecule has 0 bridgehead atoms. The summed E-state index contributed by atoms with van der Waals surface area (Å²) >= 11 is 0. The number of nitrogens with one attached hydrogen (secondary N) is 2. The zero-order chi connectivity index (χ0) is 23.2. The summed E-state index contributed by atoms with van der Waals surface area (Å²) in [6.45, 7) is 1.61. The summed E-state index contributed by atoms with van der Waals surface area (Å²) in [6, 6.07) is 9.17. The van der Waals surface area contributed by atoms with Crippen molar-refractivity contribution in [1.82, 2.24) is 15.5 Å². The maximum absolute atomic E-state index is 13.1. The Bertz CT molecular complexity index is 756. The number of aryl methyl sites for hydroxylation is 1. The van der Waals surface area contributed by atoms with Crippen LogP contribution in [0.1, 0.15) is 44.1 Å². The number of guanidine groups is 1. The zero-order valence-corrected chi connectivity index (χ0v) is 21.1. The summed E-state index contributed by atoms with van der Waals surface area (Å²) in [7, 11) is 0. The molecule has 1 heterocycles. The number of benzene rings is 1. The van der Waals surface area contributed by atoms with Gasteiger partial charge in [-0.2, -0.15) is 0 Å². The Labute approximate surface area is 214 Å². The molecular weight excluding hydrogens is 479 g/mol. The SMILES string of the molecule is Cl.Cl.NC(N)=NCCC[C@@H](C=O)NC(=O)CN(CCCc1ccccc1)C(=O)[C@H]1CCCCN1. The number of aldehydes is 1. The third-order valence-corrected chi connectivity index (χ3v) is 5.47. The van der Waals surface area contributed by atoms with Crippen LogP contribution in [0.4, 0.5) is 0 Å². The van der Waals surface area contributed by atoms with Crippen molar-refractivity contribution in [2.24, 2.45) is 16.5 Å². The first-order chi connectivity index (χ1) is 15.5. The van der Waals surface area contributed by atoms with E-state index in [1.54, 1.807) is 4.90 Å². The van der Waals surface area contributed by atoms with Crippen LogP contribution in [0.15, 0.2) is 35.3 Å². The van der Waals surface area contributed by atoms with Crippen LogP contribution in [0, 0.1) is 0 Å². The molecular formula is C23H38Cl2N6O3. The van der Waals surface area contributed by atoms with Gasteiger partial charge in [0.15, 0.2) is 5.96 Å². The standard InChI is InChI=1S/C23H36N6O3.2ClH/c24-23(25)27-14-6-11-19(17-30)28-21(31)16-29(22(32)20-12-4-5-13-26-20)15-7-10-18-8-2-1-3-9-18;;/h1-3,8-9,17,19-20,26H,4-7,10-16H2,(H,28,31)(H4,24,25,27);2*1H/t19-,20+;;/m0../s1. The summed E-state index contributed by atoms with van der Waals surface area (Å²) in [6.07, 6.45) is 6.10. The fraction of sp³-hybridized carbons (Fsp3) is 0.565. The Kier molecular flexibility index (Phi) is 16.8. The van der Waals surface area contributed by atoms with Gasteiger partial charge >= 0.3 is 0 Å². The third-order valence-electron chi connectivity index (χ3n) is 5.47. The smallest absolute Gasteiger partial charge is 0.240 e. The van der Waals surface area contributed by atoms with Crippen molar-refractivity contribution in [1.29, 1.82) is 0 Å². The lowest BCUT2D eigenvalue weighted by atomic mass is 10.0. The van der Waals surface area contributed by atoms with Crippen LogP contribution in [0.25, 0.3) is 0 Å². The molecule has 2 amide bonds. The second kappa shape index (κ2) is 18.0. The Balaban J connectivity index is 0.00000544. The van der Waals surface area contributed by atoms with Gasteiger partial charge in [-0.05, 0) is 50.6 Å². The van der Waals surface area contributed by atoms with Crippen molar-refractivity contribution < 1.29 is 14.4 Å². The Hall–Kier alpha value is -2.36. The van der Waals surface area contributed by atoms with Gasteiger partial charge in [0.05, 0.1) is 18.6 Å². The molecule has 2 rings (SSSR count). The van der Waals surface area contributed by atoms with E-state index in [0.717, 1.165) is 38.6 Å². The van der Waals surface area contributed by atoms with Crippen LogP contribution in [0.5, 0.6) is 0 Å². The van der Waals surface area contributed by atoms with E-state index in [9.17, 15) is 14.4 Å². The van der Waals surface area contributed by atoms with E-state index < -0.39 is 6.04 Å². The Morgan fingerprint density at radius 3 is 2.53 bits per heavy atom. The molecule has 192 valence electrons. The second-order valence-corrected chi connectivity index (χ2v) is 8.11. The van der Waals surface area contributed by atoms with Crippen molar-refractivity contribution in [3.05, 3.63) is 35.9 Å². The highest BCUT2D eigenvalue weighted by molar-refractivity contribution is 5.88. The maximum Gasteiger partial charge on any atom is 0.240 e. The highest BCUT2D eigenvalue weighted by Gasteiger charge is 2.27. The first-order valence-electron chi connectivity index (χ1n) is 11.4. The fourth-order valence-corrected chi connectivity index (χ4v) is 3.79. The molecule has 2 atom stereocenters. The van der Waals surface area contributed by atoms with Gasteiger partial charge in [-0.25, -0.2) is 0 Å². The first kappa shape index (κ1) is 31.6. The van der Waals surface area contributed by atoms with Crippen LogP contribution in [-0.2, 0) is 20.8 Å². The predicted octanol–water partition coefficient (Wildman–Crippen LogP) is 1.17. The lowest BCUT2D eigenvalue weighted by Gasteiger charge is -2.30. The molecule has 0 unspecified atom stereocenters. The van der Waals surface area contributed by atoms with Crippen LogP contribution in [0.3, 0.4) is 0 Å². The van der Waals surface area contributed by atoms with Crippen LogP contribution in [-0.4, -0.2) is 67.2 Å².